The summed E-state index contributed by atoms with van der Waals surface area (Å²) in [6.45, 7) is 1.82. The molecule has 1 atom stereocenters. The summed E-state index contributed by atoms with van der Waals surface area (Å²) < 4.78 is 11.9. The Labute approximate surface area is 187 Å². The Morgan fingerprint density at radius 1 is 1.16 bits per heavy atom. The van der Waals surface area contributed by atoms with Crippen LogP contribution in [0.1, 0.15) is 19.8 Å². The fraction of sp³-hybridized carbons (Fsp3) is 0.217. The van der Waals surface area contributed by atoms with Crippen LogP contribution in [-0.2, 0) is 20.9 Å². The number of fused-ring (bicyclic) bond motifs is 1. The van der Waals surface area contributed by atoms with Gasteiger partial charge >= 0.3 is 11.7 Å². The van der Waals surface area contributed by atoms with E-state index in [0.717, 1.165) is 11.3 Å². The fourth-order valence-electron chi connectivity index (χ4n) is 3.20. The molecule has 8 nitrogen and oxygen atoms in total. The lowest BCUT2D eigenvalue weighted by Crippen LogP contribution is -2.30. The van der Waals surface area contributed by atoms with Crippen molar-refractivity contribution >= 4 is 39.4 Å². The van der Waals surface area contributed by atoms with E-state index in [1.54, 1.807) is 18.2 Å². The Bertz CT molecular complexity index is 1290. The average Bonchev–Trinajstić information content (AvgIpc) is 3.38. The largest absolute Gasteiger partial charge is 0.453 e. The molecule has 0 aliphatic carbocycles. The third-order valence-corrected chi connectivity index (χ3v) is 5.58. The van der Waals surface area contributed by atoms with Gasteiger partial charge in [-0.2, -0.15) is 0 Å². The first-order valence-corrected chi connectivity index (χ1v) is 11.0. The van der Waals surface area contributed by atoms with Crippen LogP contribution in [0.4, 0.5) is 5.13 Å². The zero-order valence-corrected chi connectivity index (χ0v) is 18.1. The Kier molecular flexibility index (Phi) is 6.46. The van der Waals surface area contributed by atoms with E-state index in [2.05, 4.69) is 10.3 Å². The SMILES string of the molecule is CC(OC(=O)CCCn1c(=O)oc2ccccc21)C(=O)Nc1nc(-c2ccccc2)cs1. The number of amides is 1. The summed E-state index contributed by atoms with van der Waals surface area (Å²) >= 11 is 1.30. The molecule has 0 aliphatic heterocycles. The predicted octanol–water partition coefficient (Wildman–Crippen LogP) is 4.07. The molecule has 0 fully saturated rings. The molecule has 0 bridgehead atoms. The van der Waals surface area contributed by atoms with Crippen molar-refractivity contribution in [3.05, 3.63) is 70.5 Å². The smallest absolute Gasteiger partial charge is 0.419 e. The Balaban J connectivity index is 1.26. The number of thiazole rings is 1. The lowest BCUT2D eigenvalue weighted by atomic mass is 10.2. The number of anilines is 1. The standard InChI is InChI=1S/C23H21N3O5S/c1-15(21(28)25-22-24-17(14-32-22)16-8-3-2-4-9-16)30-20(27)12-7-13-26-18-10-5-6-11-19(18)31-23(26)29/h2-6,8-11,14-15H,7,12-13H2,1H3,(H,24,25,28). The van der Waals surface area contributed by atoms with Crippen LogP contribution >= 0.6 is 11.3 Å². The van der Waals surface area contributed by atoms with Crippen LogP contribution in [0.5, 0.6) is 0 Å². The molecule has 0 saturated carbocycles. The number of hydrogen-bond acceptors (Lipinski definition) is 7. The highest BCUT2D eigenvalue weighted by Crippen LogP contribution is 2.24. The molecule has 164 valence electrons. The average molecular weight is 452 g/mol. The number of para-hydroxylation sites is 2. The number of carbonyl (C=O) groups excluding carboxylic acids is 2. The highest BCUT2D eigenvalue weighted by atomic mass is 32.1. The number of benzene rings is 2. The summed E-state index contributed by atoms with van der Waals surface area (Å²) in [6, 6.07) is 16.7. The highest BCUT2D eigenvalue weighted by molar-refractivity contribution is 7.14. The first-order valence-electron chi connectivity index (χ1n) is 10.1. The molecule has 0 saturated heterocycles. The molecule has 2 heterocycles. The molecule has 9 heteroatoms. The van der Waals surface area contributed by atoms with Crippen molar-refractivity contribution in [3.8, 4) is 11.3 Å². The molecular weight excluding hydrogens is 430 g/mol. The van der Waals surface area contributed by atoms with Crippen molar-refractivity contribution in [3.63, 3.8) is 0 Å². The summed E-state index contributed by atoms with van der Waals surface area (Å²) in [5.41, 5.74) is 2.89. The molecular formula is C23H21N3O5S. The van der Waals surface area contributed by atoms with Crippen molar-refractivity contribution in [2.75, 3.05) is 5.32 Å². The van der Waals surface area contributed by atoms with Crippen LogP contribution in [0.3, 0.4) is 0 Å². The van der Waals surface area contributed by atoms with Gasteiger partial charge in [0, 0.05) is 23.9 Å². The molecule has 0 radical (unpaired) electrons. The number of ether oxygens (including phenoxy) is 1. The van der Waals surface area contributed by atoms with E-state index in [1.807, 2.05) is 41.8 Å². The van der Waals surface area contributed by atoms with Crippen molar-refractivity contribution in [2.24, 2.45) is 0 Å². The van der Waals surface area contributed by atoms with Crippen LogP contribution in [0.15, 0.2) is 69.2 Å². The van der Waals surface area contributed by atoms with Gasteiger partial charge in [0.05, 0.1) is 11.2 Å². The van der Waals surface area contributed by atoms with E-state index in [4.69, 9.17) is 9.15 Å². The first kappa shape index (κ1) is 21.5. The van der Waals surface area contributed by atoms with Gasteiger partial charge < -0.3 is 9.15 Å². The highest BCUT2D eigenvalue weighted by Gasteiger charge is 2.19. The number of oxazole rings is 1. The number of carbonyl (C=O) groups is 2. The minimum atomic E-state index is -0.968. The van der Waals surface area contributed by atoms with Crippen molar-refractivity contribution in [1.29, 1.82) is 0 Å². The summed E-state index contributed by atoms with van der Waals surface area (Å²) in [5.74, 6) is -1.44. The summed E-state index contributed by atoms with van der Waals surface area (Å²) in [6.07, 6.45) is -0.522. The maximum atomic E-state index is 12.4. The number of aryl methyl sites for hydroxylation is 1. The van der Waals surface area contributed by atoms with E-state index in [1.165, 1.54) is 22.8 Å². The number of hydrogen-bond donors (Lipinski definition) is 1. The van der Waals surface area contributed by atoms with E-state index in [-0.39, 0.29) is 6.42 Å². The third-order valence-electron chi connectivity index (χ3n) is 4.82. The Hall–Kier alpha value is -3.72. The third kappa shape index (κ3) is 4.94. The molecule has 32 heavy (non-hydrogen) atoms. The number of rotatable bonds is 8. The van der Waals surface area contributed by atoms with Gasteiger partial charge in [0.15, 0.2) is 16.8 Å². The lowest BCUT2D eigenvalue weighted by Gasteiger charge is -2.12. The quantitative estimate of drug-likeness (QED) is 0.405. The van der Waals surface area contributed by atoms with Gasteiger partial charge in [-0.05, 0) is 25.5 Å². The van der Waals surface area contributed by atoms with Gasteiger partial charge in [0.1, 0.15) is 0 Å². The summed E-state index contributed by atoms with van der Waals surface area (Å²) in [7, 11) is 0. The van der Waals surface area contributed by atoms with E-state index >= 15 is 0 Å². The Morgan fingerprint density at radius 3 is 2.72 bits per heavy atom. The second-order valence-electron chi connectivity index (χ2n) is 7.12. The van der Waals surface area contributed by atoms with Crippen molar-refractivity contribution < 1.29 is 18.7 Å². The zero-order chi connectivity index (χ0) is 22.5. The normalized spacial score (nSPS) is 11.9. The van der Waals surface area contributed by atoms with Gasteiger partial charge in [0.2, 0.25) is 0 Å². The van der Waals surface area contributed by atoms with Crippen LogP contribution in [0, 0.1) is 0 Å². The number of esters is 1. The number of nitrogens with zero attached hydrogens (tertiary/aromatic N) is 2. The van der Waals surface area contributed by atoms with Gasteiger partial charge in [-0.25, -0.2) is 9.78 Å². The fourth-order valence-corrected chi connectivity index (χ4v) is 3.92. The predicted molar refractivity (Wildman–Crippen MR) is 121 cm³/mol. The maximum Gasteiger partial charge on any atom is 0.419 e. The molecule has 4 rings (SSSR count). The van der Waals surface area contributed by atoms with Gasteiger partial charge in [-0.1, -0.05) is 42.5 Å². The van der Waals surface area contributed by atoms with Crippen molar-refractivity contribution in [1.82, 2.24) is 9.55 Å². The molecule has 1 unspecified atom stereocenters. The molecule has 0 aliphatic rings. The molecule has 4 aromatic rings. The minimum absolute atomic E-state index is 0.0684. The molecule has 2 aromatic heterocycles. The van der Waals surface area contributed by atoms with Crippen LogP contribution in [-0.4, -0.2) is 27.5 Å². The summed E-state index contributed by atoms with van der Waals surface area (Å²) in [4.78, 5) is 40.9. The van der Waals surface area contributed by atoms with E-state index < -0.39 is 23.7 Å². The van der Waals surface area contributed by atoms with Crippen LogP contribution in [0.25, 0.3) is 22.4 Å². The molecule has 1 N–H and O–H groups in total. The van der Waals surface area contributed by atoms with Crippen LogP contribution in [0.2, 0.25) is 0 Å². The van der Waals surface area contributed by atoms with Gasteiger partial charge in [-0.15, -0.1) is 11.3 Å². The second-order valence-corrected chi connectivity index (χ2v) is 7.97. The number of aromatic nitrogens is 2. The molecule has 2 aromatic carbocycles. The summed E-state index contributed by atoms with van der Waals surface area (Å²) in [5, 5.41) is 4.96. The van der Waals surface area contributed by atoms with Gasteiger partial charge in [0.25, 0.3) is 5.91 Å². The van der Waals surface area contributed by atoms with E-state index in [9.17, 15) is 14.4 Å². The van der Waals surface area contributed by atoms with E-state index in [0.29, 0.717) is 29.2 Å². The number of nitrogens with one attached hydrogen (secondary N) is 1. The molecule has 1 amide bonds. The monoisotopic (exact) mass is 451 g/mol. The zero-order valence-electron chi connectivity index (χ0n) is 17.3. The topological polar surface area (TPSA) is 103 Å². The van der Waals surface area contributed by atoms with Gasteiger partial charge in [-0.3, -0.25) is 19.5 Å². The van der Waals surface area contributed by atoms with Crippen LogP contribution < -0.4 is 11.1 Å². The maximum absolute atomic E-state index is 12.4. The first-order chi connectivity index (χ1) is 15.5. The van der Waals surface area contributed by atoms with Crippen molar-refractivity contribution in [2.45, 2.75) is 32.4 Å². The Morgan fingerprint density at radius 2 is 1.91 bits per heavy atom. The second kappa shape index (κ2) is 9.61. The molecule has 0 spiro atoms. The minimum Gasteiger partial charge on any atom is -0.453 e. The lowest BCUT2D eigenvalue weighted by molar-refractivity contribution is -0.153.